The quantitative estimate of drug-likeness (QED) is 0.320. The van der Waals surface area contributed by atoms with Crippen molar-refractivity contribution in [2.45, 2.75) is 40.0 Å². The van der Waals surface area contributed by atoms with Crippen molar-refractivity contribution in [1.29, 1.82) is 0 Å². The van der Waals surface area contributed by atoms with Crippen molar-refractivity contribution in [2.24, 2.45) is 0 Å². The first kappa shape index (κ1) is 16.4. The van der Waals surface area contributed by atoms with Crippen LogP contribution in [0.15, 0.2) is 0 Å². The molecule has 0 aliphatic rings. The van der Waals surface area contributed by atoms with Crippen LogP contribution in [0.1, 0.15) is 40.0 Å². The van der Waals surface area contributed by atoms with Crippen LogP contribution in [-0.4, -0.2) is 23.1 Å². The van der Waals surface area contributed by atoms with Crippen molar-refractivity contribution >= 4 is 23.1 Å². The predicted octanol–water partition coefficient (Wildman–Crippen LogP) is 2.86. The Bertz CT molecular complexity index is 16.5. The molecule has 0 heterocycles. The summed E-state index contributed by atoms with van der Waals surface area (Å²) < 4.78 is 0. The Morgan fingerprint density at radius 2 is 1.78 bits per heavy atom. The SMILES string of the molecule is C[CH-]CCCC.[CH2-]C.[Mg+2]. The first-order valence-corrected chi connectivity index (χ1v) is 3.40. The Morgan fingerprint density at radius 1 is 1.33 bits per heavy atom. The van der Waals surface area contributed by atoms with E-state index in [-0.39, 0.29) is 23.1 Å². The van der Waals surface area contributed by atoms with Gasteiger partial charge in [0.15, 0.2) is 0 Å². The van der Waals surface area contributed by atoms with E-state index in [1.807, 2.05) is 0 Å². The zero-order valence-electron chi connectivity index (χ0n) is 7.11. The van der Waals surface area contributed by atoms with Crippen LogP contribution in [-0.2, 0) is 0 Å². The summed E-state index contributed by atoms with van der Waals surface area (Å²) in [7, 11) is 0. The molecule has 0 nitrogen and oxygen atoms in total. The maximum Gasteiger partial charge on any atom is 2.00 e. The summed E-state index contributed by atoms with van der Waals surface area (Å²) >= 11 is 0. The molecular formula is C8H18Mg. The van der Waals surface area contributed by atoms with Gasteiger partial charge in [-0.1, -0.05) is 19.8 Å². The average molecular weight is 139 g/mol. The Labute approximate surface area is 76.6 Å². The van der Waals surface area contributed by atoms with E-state index in [0.29, 0.717) is 0 Å². The molecule has 0 amide bonds. The van der Waals surface area contributed by atoms with Crippen molar-refractivity contribution in [1.82, 2.24) is 0 Å². The van der Waals surface area contributed by atoms with E-state index in [4.69, 9.17) is 0 Å². The van der Waals surface area contributed by atoms with Crippen LogP contribution in [0.25, 0.3) is 0 Å². The van der Waals surface area contributed by atoms with Gasteiger partial charge >= 0.3 is 23.1 Å². The molecule has 0 saturated heterocycles. The second kappa shape index (κ2) is 23.3. The standard InChI is InChI=1S/C6H13.C2H5.Mg/c1-3-5-6-4-2;1-2;/h3H,4-6H2,1-2H3;1H2,2H3;/q2*-1;+2. The molecule has 0 unspecified atom stereocenters. The molecule has 0 aromatic rings. The van der Waals surface area contributed by atoms with Crippen LogP contribution in [0.3, 0.4) is 0 Å². The molecule has 0 spiro atoms. The molecule has 0 bridgehead atoms. The third kappa shape index (κ3) is 28.3. The number of hydrogen-bond donors (Lipinski definition) is 0. The Hall–Kier alpha value is 0.766. The first-order chi connectivity index (χ1) is 3.91. The van der Waals surface area contributed by atoms with E-state index < -0.39 is 0 Å². The summed E-state index contributed by atoms with van der Waals surface area (Å²) in [5.74, 6) is 0. The van der Waals surface area contributed by atoms with Gasteiger partial charge in [0.2, 0.25) is 0 Å². The normalized spacial score (nSPS) is 6.67. The molecule has 0 saturated carbocycles. The van der Waals surface area contributed by atoms with Crippen LogP contribution in [0.2, 0.25) is 0 Å². The minimum absolute atomic E-state index is 0. The molecule has 0 fully saturated rings. The van der Waals surface area contributed by atoms with Gasteiger partial charge in [-0.3, -0.25) is 0 Å². The maximum atomic E-state index is 3.25. The minimum atomic E-state index is 0. The molecule has 0 aromatic carbocycles. The molecular weight excluding hydrogens is 120 g/mol. The molecule has 52 valence electrons. The van der Waals surface area contributed by atoms with E-state index in [9.17, 15) is 0 Å². The van der Waals surface area contributed by atoms with Gasteiger partial charge in [-0.15, -0.1) is 0 Å². The van der Waals surface area contributed by atoms with Gasteiger partial charge < -0.3 is 13.3 Å². The second-order valence-electron chi connectivity index (χ2n) is 1.55. The van der Waals surface area contributed by atoms with Gasteiger partial charge in [0, 0.05) is 0 Å². The Balaban J connectivity index is -0.000000109. The third-order valence-corrected chi connectivity index (χ3v) is 0.846. The van der Waals surface area contributed by atoms with Gasteiger partial charge in [-0.25, -0.2) is 0 Å². The zero-order chi connectivity index (χ0) is 6.83. The van der Waals surface area contributed by atoms with Crippen molar-refractivity contribution in [3.8, 4) is 0 Å². The molecule has 0 N–H and O–H groups in total. The molecule has 0 rings (SSSR count). The molecule has 0 aliphatic heterocycles. The largest absolute Gasteiger partial charge is 2.00 e. The van der Waals surface area contributed by atoms with Crippen LogP contribution in [0.4, 0.5) is 0 Å². The summed E-state index contributed by atoms with van der Waals surface area (Å²) in [5, 5.41) is 0. The van der Waals surface area contributed by atoms with Crippen molar-refractivity contribution in [3.63, 3.8) is 0 Å². The monoisotopic (exact) mass is 138 g/mol. The van der Waals surface area contributed by atoms with Crippen LogP contribution < -0.4 is 0 Å². The van der Waals surface area contributed by atoms with Crippen LogP contribution >= 0.6 is 0 Å². The van der Waals surface area contributed by atoms with E-state index in [2.05, 4.69) is 27.2 Å². The van der Waals surface area contributed by atoms with Crippen molar-refractivity contribution in [2.75, 3.05) is 0 Å². The van der Waals surface area contributed by atoms with E-state index in [0.717, 1.165) is 0 Å². The third-order valence-electron chi connectivity index (χ3n) is 0.846. The van der Waals surface area contributed by atoms with Gasteiger partial charge in [0.05, 0.1) is 0 Å². The Morgan fingerprint density at radius 3 is 1.89 bits per heavy atom. The van der Waals surface area contributed by atoms with E-state index in [1.54, 1.807) is 6.92 Å². The second-order valence-corrected chi connectivity index (χ2v) is 1.55. The van der Waals surface area contributed by atoms with Gasteiger partial charge in [-0.2, -0.15) is 20.3 Å². The molecule has 0 atom stereocenters. The Kier molecular flexibility index (Phi) is 42.4. The summed E-state index contributed by atoms with van der Waals surface area (Å²) in [6, 6.07) is 0. The van der Waals surface area contributed by atoms with E-state index >= 15 is 0 Å². The summed E-state index contributed by atoms with van der Waals surface area (Å²) in [6.07, 6.45) is 6.18. The molecule has 0 radical (unpaired) electrons. The van der Waals surface area contributed by atoms with Crippen molar-refractivity contribution in [3.05, 3.63) is 13.3 Å². The first-order valence-electron chi connectivity index (χ1n) is 3.40. The topological polar surface area (TPSA) is 0 Å². The fourth-order valence-corrected chi connectivity index (χ4v) is 0.408. The molecule has 1 heteroatoms. The number of rotatable bonds is 3. The summed E-state index contributed by atoms with van der Waals surface area (Å²) in [5.41, 5.74) is 0. The summed E-state index contributed by atoms with van der Waals surface area (Å²) in [4.78, 5) is 0. The predicted molar refractivity (Wildman–Crippen MR) is 46.3 cm³/mol. The fourth-order valence-electron chi connectivity index (χ4n) is 0.408. The van der Waals surface area contributed by atoms with E-state index in [1.165, 1.54) is 19.3 Å². The number of unbranched alkanes of at least 4 members (excludes halogenated alkanes) is 3. The fraction of sp³-hybridized carbons (Fsp3) is 0.750. The zero-order valence-corrected chi connectivity index (χ0v) is 8.53. The minimum Gasteiger partial charge on any atom is -0.346 e. The van der Waals surface area contributed by atoms with Crippen LogP contribution in [0.5, 0.6) is 0 Å². The van der Waals surface area contributed by atoms with Crippen LogP contribution in [0, 0.1) is 13.3 Å². The number of hydrogen-bond acceptors (Lipinski definition) is 0. The average Bonchev–Trinajstić information content (AvgIpc) is 1.88. The smallest absolute Gasteiger partial charge is 0.346 e. The van der Waals surface area contributed by atoms with Gasteiger partial charge in [0.25, 0.3) is 0 Å². The maximum absolute atomic E-state index is 3.25. The molecule has 0 aromatic heterocycles. The van der Waals surface area contributed by atoms with Gasteiger partial charge in [-0.05, 0) is 0 Å². The molecule has 9 heavy (non-hydrogen) atoms. The van der Waals surface area contributed by atoms with Crippen molar-refractivity contribution < 1.29 is 0 Å². The van der Waals surface area contributed by atoms with Gasteiger partial charge in [0.1, 0.15) is 0 Å². The molecule has 0 aliphatic carbocycles. The summed E-state index contributed by atoms with van der Waals surface area (Å²) in [6.45, 7) is 9.32.